The van der Waals surface area contributed by atoms with Crippen molar-refractivity contribution in [2.24, 2.45) is 0 Å². The van der Waals surface area contributed by atoms with E-state index in [0.717, 1.165) is 65.6 Å². The molecule has 0 atom stereocenters. The minimum Gasteiger partial charge on any atom is -0.496 e. The van der Waals surface area contributed by atoms with Gasteiger partial charge in [-0.25, -0.2) is 4.58 Å². The number of aliphatic hydroxyl groups excluding tert-OH is 2. The first-order valence-electron chi connectivity index (χ1n) is 47.0. The monoisotopic (exact) mass is 1440 g/mol. The molecule has 1 aliphatic rings. The average Bonchev–Trinajstić information content (AvgIpc) is 0.790. The summed E-state index contributed by atoms with van der Waals surface area (Å²) >= 11 is 0. The third-order valence-electron chi connectivity index (χ3n) is 23.4. The molecule has 2 rings (SSSR count). The Bertz CT molecular complexity index is 1950. The summed E-state index contributed by atoms with van der Waals surface area (Å²) in [5, 5.41) is 22.6. The molecule has 0 heterocycles. The predicted molar refractivity (Wildman–Crippen MR) is 459 cm³/mol. The summed E-state index contributed by atoms with van der Waals surface area (Å²) in [5.41, 5.74) is 5.73. The summed E-state index contributed by atoms with van der Waals surface area (Å²) in [5.74, 6) is 1.55. The summed E-state index contributed by atoms with van der Waals surface area (Å²) in [6.45, 7) is 13.1. The summed E-state index contributed by atoms with van der Waals surface area (Å²) in [4.78, 5) is 2.59. The van der Waals surface area contributed by atoms with Gasteiger partial charge in [0.25, 0.3) is 0 Å². The quantitative estimate of drug-likeness (QED) is 0.0503. The van der Waals surface area contributed by atoms with Gasteiger partial charge in [-0.05, 0) is 60.6 Å². The number of anilines is 1. The summed E-state index contributed by atoms with van der Waals surface area (Å²) in [6.07, 6.45) is 106. The van der Waals surface area contributed by atoms with Crippen LogP contribution < -0.4 is 4.90 Å². The van der Waals surface area contributed by atoms with Crippen LogP contribution in [0.5, 0.6) is 0 Å². The Kier molecular flexibility index (Phi) is 71.4. The van der Waals surface area contributed by atoms with Crippen molar-refractivity contribution in [1.82, 2.24) is 0 Å². The summed E-state index contributed by atoms with van der Waals surface area (Å²) in [6, 6.07) is 4.45. The molecule has 0 aliphatic heterocycles. The van der Waals surface area contributed by atoms with Gasteiger partial charge in [0.2, 0.25) is 5.71 Å². The van der Waals surface area contributed by atoms with Gasteiger partial charge in [-0.3, -0.25) is 0 Å². The standard InChI is InChI=1S/C97H181N2O4/c1-7-11-15-19-23-27-31-35-39-43-47-51-55-59-63-67-71-75-79-98(80-76-72-68-64-60-56-52-48-44-40-36-32-28-24-20-16-12-8-2)92-83-90(88-100)94(91(84-92)89-101)87-95-96(102-5)85-93(86-97(95)103-6)99(81-77-73-69-65-61-57-53-49-45-41-37-33-29-25-21-17-13-9-3)82-78-74-70-66-62-58-54-50-46-42-38-34-30-26-22-18-14-10-4/h83-87,100-101H,7-82,88-89H2,1-6H3/q+1. The van der Waals surface area contributed by atoms with E-state index in [1.54, 1.807) is 14.2 Å². The SMILES string of the molecule is CCCCCCCCCCCCCCCCCCCCN(CCCCCCCCCCCCCCCCCCCC)c1cc(CO)c(C=C2C(OC)=CC(=[N+](CCCCCCCCCCCCCCCCCCCC)CCCCCCCCCCCCCCCCCCCC)C=C2OC)c(CO)c1. The van der Waals surface area contributed by atoms with Gasteiger partial charge in [0, 0.05) is 31.6 Å². The summed E-state index contributed by atoms with van der Waals surface area (Å²) in [7, 11) is 3.57. The zero-order valence-corrected chi connectivity index (χ0v) is 70.6. The van der Waals surface area contributed by atoms with E-state index < -0.39 is 0 Å². The van der Waals surface area contributed by atoms with E-state index in [2.05, 4.69) is 67.5 Å². The predicted octanol–water partition coefficient (Wildman–Crippen LogP) is 31.6. The zero-order valence-electron chi connectivity index (χ0n) is 70.6. The molecule has 0 fully saturated rings. The van der Waals surface area contributed by atoms with Crippen molar-refractivity contribution in [3.05, 3.63) is 58.1 Å². The van der Waals surface area contributed by atoms with Crippen molar-refractivity contribution in [2.45, 2.75) is 503 Å². The van der Waals surface area contributed by atoms with Gasteiger partial charge in [0.15, 0.2) is 0 Å². The fourth-order valence-electron chi connectivity index (χ4n) is 16.3. The number of allylic oxidation sites excluding steroid dienone is 2. The molecule has 2 N–H and O–H groups in total. The molecule has 0 aromatic heterocycles. The van der Waals surface area contributed by atoms with Crippen LogP contribution in [0.25, 0.3) is 6.08 Å². The van der Waals surface area contributed by atoms with E-state index in [1.165, 1.54) is 468 Å². The van der Waals surface area contributed by atoms with Crippen LogP contribution in [0, 0.1) is 0 Å². The van der Waals surface area contributed by atoms with E-state index in [9.17, 15) is 10.2 Å². The first-order valence-corrected chi connectivity index (χ1v) is 47.0. The zero-order chi connectivity index (χ0) is 73.9. The van der Waals surface area contributed by atoms with Gasteiger partial charge in [0.05, 0.1) is 45.2 Å². The smallest absolute Gasteiger partial charge is 0.207 e. The molecule has 602 valence electrons. The minimum absolute atomic E-state index is 0.103. The Morgan fingerprint density at radius 3 is 0.670 bits per heavy atom. The van der Waals surface area contributed by atoms with Gasteiger partial charge in [0.1, 0.15) is 24.6 Å². The van der Waals surface area contributed by atoms with Crippen molar-refractivity contribution in [1.29, 1.82) is 0 Å². The maximum absolute atomic E-state index is 11.3. The number of hydrogen-bond acceptors (Lipinski definition) is 5. The lowest BCUT2D eigenvalue weighted by molar-refractivity contribution is -0.527. The molecule has 6 heteroatoms. The summed E-state index contributed by atoms with van der Waals surface area (Å²) < 4.78 is 15.3. The number of aliphatic hydroxyl groups is 2. The number of ether oxygens (including phenoxy) is 2. The maximum atomic E-state index is 11.3. The molecule has 0 unspecified atom stereocenters. The molecule has 0 saturated heterocycles. The fourth-order valence-corrected chi connectivity index (χ4v) is 16.3. The molecular formula is C97H181N2O4+. The van der Waals surface area contributed by atoms with Crippen LogP contribution in [-0.4, -0.2) is 60.9 Å². The van der Waals surface area contributed by atoms with Gasteiger partial charge in [-0.2, -0.15) is 0 Å². The van der Waals surface area contributed by atoms with Gasteiger partial charge in [-0.15, -0.1) is 0 Å². The van der Waals surface area contributed by atoms with Gasteiger partial charge in [-0.1, -0.05) is 451 Å². The van der Waals surface area contributed by atoms with E-state index in [1.807, 2.05) is 0 Å². The Labute approximate surface area is 644 Å². The van der Waals surface area contributed by atoms with Crippen LogP contribution in [-0.2, 0) is 22.7 Å². The van der Waals surface area contributed by atoms with Crippen LogP contribution in [0.4, 0.5) is 5.69 Å². The van der Waals surface area contributed by atoms with Crippen LogP contribution in [0.2, 0.25) is 0 Å². The fraction of sp³-hybridized carbons (Fsp3) is 0.866. The van der Waals surface area contributed by atoms with Crippen LogP contribution in [0.15, 0.2) is 41.4 Å². The molecule has 6 nitrogen and oxygen atoms in total. The van der Waals surface area contributed by atoms with Crippen molar-refractivity contribution < 1.29 is 24.3 Å². The second-order valence-corrected chi connectivity index (χ2v) is 32.9. The normalized spacial score (nSPS) is 12.5. The second-order valence-electron chi connectivity index (χ2n) is 32.9. The first kappa shape index (κ1) is 96.5. The van der Waals surface area contributed by atoms with Crippen molar-refractivity contribution in [2.75, 3.05) is 45.3 Å². The number of methoxy groups -OCH3 is 2. The highest BCUT2D eigenvalue weighted by molar-refractivity contribution is 6.04. The highest BCUT2D eigenvalue weighted by Crippen LogP contribution is 2.34. The number of rotatable bonds is 82. The van der Waals surface area contributed by atoms with E-state index >= 15 is 0 Å². The van der Waals surface area contributed by atoms with Gasteiger partial charge >= 0.3 is 0 Å². The van der Waals surface area contributed by atoms with E-state index in [0.29, 0.717) is 0 Å². The molecule has 0 amide bonds. The third-order valence-corrected chi connectivity index (χ3v) is 23.4. The third kappa shape index (κ3) is 56.3. The van der Waals surface area contributed by atoms with Gasteiger partial charge < -0.3 is 24.6 Å². The average molecular weight is 1440 g/mol. The number of benzene rings is 1. The molecule has 0 radical (unpaired) electrons. The lowest BCUT2D eigenvalue weighted by Gasteiger charge is -2.27. The number of nitrogens with zero attached hydrogens (tertiary/aromatic N) is 2. The Hall–Kier alpha value is -2.57. The first-order chi connectivity index (χ1) is 51.0. The van der Waals surface area contributed by atoms with Crippen molar-refractivity contribution >= 4 is 17.5 Å². The molecule has 1 aromatic carbocycles. The van der Waals surface area contributed by atoms with E-state index in [4.69, 9.17) is 9.47 Å². The molecule has 1 aliphatic carbocycles. The maximum Gasteiger partial charge on any atom is 0.207 e. The van der Waals surface area contributed by atoms with Crippen LogP contribution in [0.1, 0.15) is 507 Å². The van der Waals surface area contributed by atoms with Crippen LogP contribution >= 0.6 is 0 Å². The van der Waals surface area contributed by atoms with Crippen molar-refractivity contribution in [3.63, 3.8) is 0 Å². The minimum atomic E-state index is -0.103. The highest BCUT2D eigenvalue weighted by atomic mass is 16.5. The molecule has 103 heavy (non-hydrogen) atoms. The molecule has 0 spiro atoms. The largest absolute Gasteiger partial charge is 0.496 e. The lowest BCUT2D eigenvalue weighted by atomic mass is 9.94. The molecule has 1 aromatic rings. The Morgan fingerprint density at radius 1 is 0.282 bits per heavy atom. The second kappa shape index (κ2) is 76.2. The number of hydrogen-bond donors (Lipinski definition) is 2. The molecule has 0 saturated carbocycles. The Morgan fingerprint density at radius 2 is 0.476 bits per heavy atom. The van der Waals surface area contributed by atoms with Crippen molar-refractivity contribution in [3.8, 4) is 0 Å². The highest BCUT2D eigenvalue weighted by Gasteiger charge is 2.26. The lowest BCUT2D eigenvalue weighted by Crippen LogP contribution is -2.26. The van der Waals surface area contributed by atoms with E-state index in [-0.39, 0.29) is 13.2 Å². The molecule has 0 bridgehead atoms. The molecular weight excluding hydrogens is 1260 g/mol. The topological polar surface area (TPSA) is 65.2 Å². The number of unbranched alkanes of at least 4 members (excludes halogenated alkanes) is 68. The van der Waals surface area contributed by atoms with Crippen LogP contribution in [0.3, 0.4) is 0 Å². The Balaban J connectivity index is 2.15.